The van der Waals surface area contributed by atoms with Crippen molar-refractivity contribution >= 4 is 44.4 Å². The van der Waals surface area contributed by atoms with Crippen LogP contribution in [0.5, 0.6) is 0 Å². The normalized spacial score (nSPS) is 11.1. The average Bonchev–Trinajstić information content (AvgIpc) is 3.40. The Bertz CT molecular complexity index is 1050. The lowest BCUT2D eigenvalue weighted by molar-refractivity contribution is -0.116. The highest BCUT2D eigenvalue weighted by atomic mass is 32.2. The van der Waals surface area contributed by atoms with Crippen molar-refractivity contribution in [3.63, 3.8) is 0 Å². The molecule has 0 spiro atoms. The molecular weight excluding hydrogens is 407 g/mol. The molecule has 0 N–H and O–H groups in total. The van der Waals surface area contributed by atoms with Crippen LogP contribution >= 0.6 is 23.1 Å². The number of halogens is 1. The van der Waals surface area contributed by atoms with Gasteiger partial charge in [-0.2, -0.15) is 0 Å². The van der Waals surface area contributed by atoms with Crippen LogP contribution in [0.25, 0.3) is 10.2 Å². The Kier molecular flexibility index (Phi) is 6.21. The maximum absolute atomic E-state index is 13.1. The number of hydrogen-bond acceptors (Lipinski definition) is 5. The van der Waals surface area contributed by atoms with E-state index in [0.717, 1.165) is 28.1 Å². The average molecular weight is 427 g/mol. The molecule has 5 nitrogen and oxygen atoms in total. The molecule has 29 heavy (non-hydrogen) atoms. The zero-order chi connectivity index (χ0) is 20.1. The van der Waals surface area contributed by atoms with Crippen LogP contribution in [0.4, 0.5) is 9.52 Å². The maximum Gasteiger partial charge on any atom is 0.239 e. The van der Waals surface area contributed by atoms with E-state index < -0.39 is 0 Å². The molecule has 0 aliphatic rings. The highest BCUT2D eigenvalue weighted by Crippen LogP contribution is 2.30. The SMILES string of the molecule is O=C(CSc1ccc(F)cc1)N(CCCn1ccnc1)c1nc2ccccc2s1. The molecule has 2 aromatic heterocycles. The van der Waals surface area contributed by atoms with Crippen molar-refractivity contribution in [3.8, 4) is 0 Å². The topological polar surface area (TPSA) is 51.0 Å². The second-order valence-electron chi connectivity index (χ2n) is 6.41. The third-order valence-electron chi connectivity index (χ3n) is 4.35. The number of rotatable bonds is 8. The van der Waals surface area contributed by atoms with Gasteiger partial charge in [0.2, 0.25) is 5.91 Å². The van der Waals surface area contributed by atoms with Gasteiger partial charge in [0.15, 0.2) is 5.13 Å². The molecule has 8 heteroatoms. The summed E-state index contributed by atoms with van der Waals surface area (Å²) in [6, 6.07) is 14.1. The van der Waals surface area contributed by atoms with Crippen molar-refractivity contribution in [1.82, 2.24) is 14.5 Å². The molecule has 148 valence electrons. The summed E-state index contributed by atoms with van der Waals surface area (Å²) in [5.41, 5.74) is 0.895. The summed E-state index contributed by atoms with van der Waals surface area (Å²) in [6.07, 6.45) is 6.22. The fourth-order valence-corrected chi connectivity index (χ4v) is 4.67. The van der Waals surface area contributed by atoms with Gasteiger partial charge in [-0.15, -0.1) is 11.8 Å². The Hall–Kier alpha value is -2.71. The number of fused-ring (bicyclic) bond motifs is 1. The molecule has 4 rings (SSSR count). The molecule has 0 atom stereocenters. The largest absolute Gasteiger partial charge is 0.337 e. The Morgan fingerprint density at radius 3 is 2.76 bits per heavy atom. The fraction of sp³-hybridized carbons (Fsp3) is 0.190. The highest BCUT2D eigenvalue weighted by molar-refractivity contribution is 8.00. The lowest BCUT2D eigenvalue weighted by Crippen LogP contribution is -2.33. The molecule has 0 aliphatic carbocycles. The number of amides is 1. The molecule has 0 unspecified atom stereocenters. The molecule has 0 saturated carbocycles. The predicted molar refractivity (Wildman–Crippen MR) is 116 cm³/mol. The van der Waals surface area contributed by atoms with Crippen LogP contribution in [0.3, 0.4) is 0 Å². The van der Waals surface area contributed by atoms with E-state index in [2.05, 4.69) is 9.97 Å². The summed E-state index contributed by atoms with van der Waals surface area (Å²) in [4.78, 5) is 24.4. The number of thiazole rings is 1. The molecule has 2 aromatic carbocycles. The van der Waals surface area contributed by atoms with E-state index in [1.165, 1.54) is 35.2 Å². The van der Waals surface area contributed by atoms with E-state index >= 15 is 0 Å². The molecule has 0 bridgehead atoms. The van der Waals surface area contributed by atoms with Crippen LogP contribution in [0, 0.1) is 5.82 Å². The first kappa shape index (κ1) is 19.6. The monoisotopic (exact) mass is 426 g/mol. The van der Waals surface area contributed by atoms with Gasteiger partial charge in [0.25, 0.3) is 0 Å². The lowest BCUT2D eigenvalue weighted by Gasteiger charge is -2.20. The number of hydrogen-bond donors (Lipinski definition) is 0. The number of aromatic nitrogens is 3. The van der Waals surface area contributed by atoms with Crippen molar-refractivity contribution in [3.05, 3.63) is 73.1 Å². The molecular formula is C21H19FN4OS2. The number of imidazole rings is 1. The lowest BCUT2D eigenvalue weighted by atomic mass is 10.3. The van der Waals surface area contributed by atoms with E-state index in [1.807, 2.05) is 35.0 Å². The second kappa shape index (κ2) is 9.19. The van der Waals surface area contributed by atoms with Gasteiger partial charge in [0.05, 0.1) is 22.3 Å². The van der Waals surface area contributed by atoms with Crippen LogP contribution in [-0.2, 0) is 11.3 Å². The number of carbonyl (C=O) groups excluding carboxylic acids is 1. The van der Waals surface area contributed by atoms with E-state index in [9.17, 15) is 9.18 Å². The number of benzene rings is 2. The number of anilines is 1. The van der Waals surface area contributed by atoms with Gasteiger partial charge in [-0.05, 0) is 42.8 Å². The second-order valence-corrected chi connectivity index (χ2v) is 8.46. The Morgan fingerprint density at radius 2 is 2.00 bits per heavy atom. The smallest absolute Gasteiger partial charge is 0.239 e. The summed E-state index contributed by atoms with van der Waals surface area (Å²) in [7, 11) is 0. The Labute approximate surface area is 176 Å². The molecule has 0 saturated heterocycles. The van der Waals surface area contributed by atoms with Gasteiger partial charge in [-0.25, -0.2) is 14.4 Å². The van der Waals surface area contributed by atoms with Gasteiger partial charge in [0.1, 0.15) is 5.82 Å². The van der Waals surface area contributed by atoms with Crippen LogP contribution in [0.2, 0.25) is 0 Å². The van der Waals surface area contributed by atoms with E-state index in [0.29, 0.717) is 11.7 Å². The van der Waals surface area contributed by atoms with Crippen LogP contribution in [0.15, 0.2) is 72.1 Å². The van der Waals surface area contributed by atoms with Gasteiger partial charge >= 0.3 is 0 Å². The minimum Gasteiger partial charge on any atom is -0.337 e. The van der Waals surface area contributed by atoms with Gasteiger partial charge in [-0.3, -0.25) is 9.69 Å². The minimum absolute atomic E-state index is 0.0102. The first-order valence-electron chi connectivity index (χ1n) is 9.19. The molecule has 2 heterocycles. The maximum atomic E-state index is 13.1. The van der Waals surface area contributed by atoms with Crippen molar-refractivity contribution in [2.45, 2.75) is 17.9 Å². The molecule has 4 aromatic rings. The summed E-state index contributed by atoms with van der Waals surface area (Å²) in [5, 5.41) is 0.710. The summed E-state index contributed by atoms with van der Waals surface area (Å²) in [6.45, 7) is 1.35. The minimum atomic E-state index is -0.281. The predicted octanol–water partition coefficient (Wildman–Crippen LogP) is 4.85. The molecule has 0 aliphatic heterocycles. The van der Waals surface area contributed by atoms with Gasteiger partial charge in [0, 0.05) is 30.4 Å². The fourth-order valence-electron chi connectivity index (χ4n) is 2.89. The van der Waals surface area contributed by atoms with E-state index in [-0.39, 0.29) is 17.5 Å². The summed E-state index contributed by atoms with van der Waals surface area (Å²) < 4.78 is 16.1. The third-order valence-corrected chi connectivity index (χ3v) is 6.40. The molecule has 0 fully saturated rings. The Balaban J connectivity index is 1.48. The van der Waals surface area contributed by atoms with Crippen molar-refractivity contribution in [2.75, 3.05) is 17.2 Å². The number of carbonyl (C=O) groups is 1. The first-order valence-corrected chi connectivity index (χ1v) is 11.0. The third kappa shape index (κ3) is 5.02. The Morgan fingerprint density at radius 1 is 1.17 bits per heavy atom. The van der Waals surface area contributed by atoms with Crippen LogP contribution < -0.4 is 4.90 Å². The zero-order valence-corrected chi connectivity index (χ0v) is 17.2. The first-order chi connectivity index (χ1) is 14.2. The standard InChI is InChI=1S/C21H19FN4OS2/c22-16-6-8-17(9-7-16)28-14-20(27)26(12-3-11-25-13-10-23-15-25)21-24-18-4-1-2-5-19(18)29-21/h1-2,4-10,13,15H,3,11-12,14H2. The zero-order valence-electron chi connectivity index (χ0n) is 15.6. The highest BCUT2D eigenvalue weighted by Gasteiger charge is 2.19. The van der Waals surface area contributed by atoms with E-state index in [4.69, 9.17) is 0 Å². The summed E-state index contributed by atoms with van der Waals surface area (Å²) >= 11 is 2.92. The number of thioether (sulfide) groups is 1. The number of nitrogens with zero attached hydrogens (tertiary/aromatic N) is 4. The van der Waals surface area contributed by atoms with Crippen molar-refractivity contribution < 1.29 is 9.18 Å². The van der Waals surface area contributed by atoms with Crippen molar-refractivity contribution in [2.24, 2.45) is 0 Å². The van der Waals surface area contributed by atoms with Crippen LogP contribution in [-0.4, -0.2) is 32.7 Å². The van der Waals surface area contributed by atoms with Crippen molar-refractivity contribution in [1.29, 1.82) is 0 Å². The number of para-hydroxylation sites is 1. The molecule has 1 amide bonds. The molecule has 0 radical (unpaired) electrons. The summed E-state index contributed by atoms with van der Waals surface area (Å²) in [5.74, 6) is -0.0209. The quantitative estimate of drug-likeness (QED) is 0.378. The number of aryl methyl sites for hydroxylation is 1. The van der Waals surface area contributed by atoms with E-state index in [1.54, 1.807) is 29.6 Å². The van der Waals surface area contributed by atoms with Gasteiger partial charge in [-0.1, -0.05) is 23.5 Å². The van der Waals surface area contributed by atoms with Gasteiger partial charge < -0.3 is 4.57 Å². The van der Waals surface area contributed by atoms with Crippen LogP contribution in [0.1, 0.15) is 6.42 Å².